The Morgan fingerprint density at radius 1 is 1.47 bits per heavy atom. The highest BCUT2D eigenvalue weighted by Gasteiger charge is 2.17. The van der Waals surface area contributed by atoms with Gasteiger partial charge in [0.05, 0.1) is 12.8 Å². The molecule has 0 saturated carbocycles. The number of carbonyl (C=O) groups is 1. The fourth-order valence-corrected chi connectivity index (χ4v) is 2.22. The number of methoxy groups -OCH3 is 1. The minimum Gasteiger partial charge on any atom is -0.468 e. The Kier molecular flexibility index (Phi) is 3.95. The molecule has 0 aromatic heterocycles. The maximum Gasteiger partial charge on any atom is 0.322 e. The van der Waals surface area contributed by atoms with E-state index in [4.69, 9.17) is 5.73 Å². The van der Waals surface area contributed by atoms with Gasteiger partial charge in [0.1, 0.15) is 0 Å². The molecule has 3 N–H and O–H groups in total. The molecule has 0 atom stereocenters. The van der Waals surface area contributed by atoms with Gasteiger partial charge in [-0.3, -0.25) is 9.52 Å². The molecule has 1 aromatic rings. The van der Waals surface area contributed by atoms with E-state index in [1.165, 1.54) is 6.07 Å². The third-order valence-corrected chi connectivity index (χ3v) is 3.21. The lowest BCUT2D eigenvalue weighted by Crippen LogP contribution is -2.24. The summed E-state index contributed by atoms with van der Waals surface area (Å²) in [7, 11) is -2.64. The summed E-state index contributed by atoms with van der Waals surface area (Å²) in [6.45, 7) is 1.73. The lowest BCUT2D eigenvalue weighted by atomic mass is 10.2. The van der Waals surface area contributed by atoms with Crippen molar-refractivity contribution in [3.05, 3.63) is 23.8 Å². The summed E-state index contributed by atoms with van der Waals surface area (Å²) in [5.74, 6) is -1.54. The fraction of sp³-hybridized carbons (Fsp3) is 0.300. The monoisotopic (exact) mass is 258 g/mol. The van der Waals surface area contributed by atoms with E-state index in [2.05, 4.69) is 9.46 Å². The van der Waals surface area contributed by atoms with Crippen molar-refractivity contribution in [2.45, 2.75) is 6.92 Å². The number of esters is 1. The predicted molar refractivity (Wildman–Crippen MR) is 65.0 cm³/mol. The van der Waals surface area contributed by atoms with Crippen molar-refractivity contribution >= 4 is 27.4 Å². The lowest BCUT2D eigenvalue weighted by Gasteiger charge is -2.10. The molecule has 7 heteroatoms. The SMILES string of the molecule is COC(=O)CS(=O)(=O)Nc1cc(N)ccc1C. The zero-order chi connectivity index (χ0) is 13.1. The summed E-state index contributed by atoms with van der Waals surface area (Å²) in [6, 6.07) is 4.84. The second-order valence-corrected chi connectivity index (χ2v) is 5.23. The standard InChI is InChI=1S/C10H14N2O4S/c1-7-3-4-8(11)5-9(7)12-17(14,15)6-10(13)16-2/h3-5,12H,6,11H2,1-2H3. The summed E-state index contributed by atoms with van der Waals surface area (Å²) >= 11 is 0. The topological polar surface area (TPSA) is 98.5 Å². The van der Waals surface area contributed by atoms with Crippen LogP contribution in [-0.2, 0) is 19.6 Å². The van der Waals surface area contributed by atoms with Gasteiger partial charge in [-0.25, -0.2) is 8.42 Å². The second kappa shape index (κ2) is 5.05. The normalized spacial score (nSPS) is 10.9. The number of carbonyl (C=O) groups excluding carboxylic acids is 1. The molecule has 0 aliphatic rings. The molecule has 6 nitrogen and oxygen atoms in total. The summed E-state index contributed by atoms with van der Waals surface area (Å²) in [5, 5.41) is 0. The first kappa shape index (κ1) is 13.3. The number of nitrogen functional groups attached to an aromatic ring is 1. The van der Waals surface area contributed by atoms with Crippen molar-refractivity contribution in [2.24, 2.45) is 0 Å². The summed E-state index contributed by atoms with van der Waals surface area (Å²) in [5.41, 5.74) is 7.05. The van der Waals surface area contributed by atoms with E-state index >= 15 is 0 Å². The van der Waals surface area contributed by atoms with E-state index in [1.807, 2.05) is 0 Å². The number of anilines is 2. The maximum atomic E-state index is 11.6. The van der Waals surface area contributed by atoms with Crippen LogP contribution in [0.5, 0.6) is 0 Å². The molecule has 0 fully saturated rings. The molecule has 0 unspecified atom stereocenters. The number of hydrogen-bond donors (Lipinski definition) is 2. The Balaban J connectivity index is 2.90. The molecule has 0 amide bonds. The van der Waals surface area contributed by atoms with Crippen LogP contribution in [0.25, 0.3) is 0 Å². The first-order valence-electron chi connectivity index (χ1n) is 4.77. The third-order valence-electron chi connectivity index (χ3n) is 2.06. The molecule has 0 heterocycles. The van der Waals surface area contributed by atoms with Gasteiger partial charge in [0.25, 0.3) is 0 Å². The molecule has 1 aromatic carbocycles. The van der Waals surface area contributed by atoms with Gasteiger partial charge in [0.2, 0.25) is 10.0 Å². The van der Waals surface area contributed by atoms with Crippen LogP contribution in [0, 0.1) is 6.92 Å². The van der Waals surface area contributed by atoms with Crippen LogP contribution in [0.15, 0.2) is 18.2 Å². The Hall–Kier alpha value is -1.76. The van der Waals surface area contributed by atoms with Crippen LogP contribution in [0.1, 0.15) is 5.56 Å². The smallest absolute Gasteiger partial charge is 0.322 e. The molecular weight excluding hydrogens is 244 g/mol. The van der Waals surface area contributed by atoms with Gasteiger partial charge in [-0.05, 0) is 24.6 Å². The number of benzene rings is 1. The minimum atomic E-state index is -3.77. The van der Waals surface area contributed by atoms with E-state index in [0.717, 1.165) is 7.11 Å². The average molecular weight is 258 g/mol. The summed E-state index contributed by atoms with van der Waals surface area (Å²) < 4.78 is 29.7. The zero-order valence-electron chi connectivity index (χ0n) is 9.56. The molecule has 0 saturated heterocycles. The van der Waals surface area contributed by atoms with Crippen LogP contribution >= 0.6 is 0 Å². The molecule has 0 radical (unpaired) electrons. The van der Waals surface area contributed by atoms with E-state index in [-0.39, 0.29) is 0 Å². The number of aryl methyl sites for hydroxylation is 1. The highest BCUT2D eigenvalue weighted by atomic mass is 32.2. The van der Waals surface area contributed by atoms with E-state index in [9.17, 15) is 13.2 Å². The van der Waals surface area contributed by atoms with E-state index in [1.54, 1.807) is 19.1 Å². The van der Waals surface area contributed by atoms with Gasteiger partial charge in [0.15, 0.2) is 5.75 Å². The van der Waals surface area contributed by atoms with Gasteiger partial charge >= 0.3 is 5.97 Å². The molecular formula is C10H14N2O4S. The van der Waals surface area contributed by atoms with Crippen molar-refractivity contribution in [1.82, 2.24) is 0 Å². The number of nitrogens with two attached hydrogens (primary N) is 1. The predicted octanol–water partition coefficient (Wildman–Crippen LogP) is 0.492. The Bertz CT molecular complexity index is 525. The van der Waals surface area contributed by atoms with Crippen LogP contribution in [0.3, 0.4) is 0 Å². The number of nitrogens with one attached hydrogen (secondary N) is 1. The molecule has 0 spiro atoms. The van der Waals surface area contributed by atoms with Gasteiger partial charge in [-0.2, -0.15) is 0 Å². The Morgan fingerprint density at radius 2 is 2.12 bits per heavy atom. The minimum absolute atomic E-state index is 0.355. The number of hydrogen-bond acceptors (Lipinski definition) is 5. The van der Waals surface area contributed by atoms with Crippen molar-refractivity contribution in [1.29, 1.82) is 0 Å². The molecule has 0 aliphatic heterocycles. The number of ether oxygens (including phenoxy) is 1. The van der Waals surface area contributed by atoms with E-state index in [0.29, 0.717) is 16.9 Å². The molecule has 94 valence electrons. The lowest BCUT2D eigenvalue weighted by molar-refractivity contribution is -0.137. The van der Waals surface area contributed by atoms with Crippen molar-refractivity contribution < 1.29 is 17.9 Å². The maximum absolute atomic E-state index is 11.6. The molecule has 1 rings (SSSR count). The Labute approximate surface area is 99.8 Å². The first-order valence-corrected chi connectivity index (χ1v) is 6.43. The van der Waals surface area contributed by atoms with Gasteiger partial charge in [-0.1, -0.05) is 6.07 Å². The van der Waals surface area contributed by atoms with E-state index < -0.39 is 21.7 Å². The molecule has 0 aliphatic carbocycles. The van der Waals surface area contributed by atoms with Crippen molar-refractivity contribution in [2.75, 3.05) is 23.3 Å². The Morgan fingerprint density at radius 3 is 2.71 bits per heavy atom. The molecule has 0 bridgehead atoms. The van der Waals surface area contributed by atoms with Gasteiger partial charge < -0.3 is 10.5 Å². The quantitative estimate of drug-likeness (QED) is 0.605. The van der Waals surface area contributed by atoms with Crippen LogP contribution < -0.4 is 10.5 Å². The van der Waals surface area contributed by atoms with Gasteiger partial charge in [-0.15, -0.1) is 0 Å². The fourth-order valence-electron chi connectivity index (χ4n) is 1.17. The average Bonchev–Trinajstić information content (AvgIpc) is 2.22. The highest BCUT2D eigenvalue weighted by molar-refractivity contribution is 7.93. The number of rotatable bonds is 4. The van der Waals surface area contributed by atoms with Crippen molar-refractivity contribution in [3.63, 3.8) is 0 Å². The van der Waals surface area contributed by atoms with Gasteiger partial charge in [0, 0.05) is 5.69 Å². The summed E-state index contributed by atoms with van der Waals surface area (Å²) in [4.78, 5) is 10.9. The number of sulfonamides is 1. The zero-order valence-corrected chi connectivity index (χ0v) is 10.4. The van der Waals surface area contributed by atoms with Crippen molar-refractivity contribution in [3.8, 4) is 0 Å². The van der Waals surface area contributed by atoms with Crippen LogP contribution in [-0.4, -0.2) is 27.2 Å². The summed E-state index contributed by atoms with van der Waals surface area (Å²) in [6.07, 6.45) is 0. The second-order valence-electron chi connectivity index (χ2n) is 3.51. The highest BCUT2D eigenvalue weighted by Crippen LogP contribution is 2.19. The largest absolute Gasteiger partial charge is 0.468 e. The molecule has 17 heavy (non-hydrogen) atoms. The van der Waals surface area contributed by atoms with Crippen LogP contribution in [0.4, 0.5) is 11.4 Å². The third kappa shape index (κ3) is 3.95. The van der Waals surface area contributed by atoms with Crippen LogP contribution in [0.2, 0.25) is 0 Å². The first-order chi connectivity index (χ1) is 7.84.